The lowest BCUT2D eigenvalue weighted by Gasteiger charge is -2.18. The minimum absolute atomic E-state index is 0.0257. The van der Waals surface area contributed by atoms with Gasteiger partial charge in [0.1, 0.15) is 5.75 Å². The number of aromatic hydroxyl groups is 1. The van der Waals surface area contributed by atoms with Crippen LogP contribution in [0.4, 0.5) is 0 Å². The summed E-state index contributed by atoms with van der Waals surface area (Å²) in [5.74, 6) is -0.251. The molecule has 9 heteroatoms. The van der Waals surface area contributed by atoms with Gasteiger partial charge in [-0.05, 0) is 18.6 Å². The maximum Gasteiger partial charge on any atom is 0.223 e. The lowest BCUT2D eigenvalue weighted by atomic mass is 9.97. The van der Waals surface area contributed by atoms with Gasteiger partial charge in [-0.25, -0.2) is 13.1 Å². The van der Waals surface area contributed by atoms with Crippen LogP contribution < -0.4 is 4.72 Å². The minimum atomic E-state index is -3.22. The van der Waals surface area contributed by atoms with Gasteiger partial charge in [0, 0.05) is 37.5 Å². The number of amides is 1. The smallest absolute Gasteiger partial charge is 0.223 e. The highest BCUT2D eigenvalue weighted by Gasteiger charge is 2.33. The molecule has 2 N–H and O–H groups in total. The van der Waals surface area contributed by atoms with Crippen molar-refractivity contribution < 1.29 is 18.3 Å². The lowest BCUT2D eigenvalue weighted by molar-refractivity contribution is -0.127. The Morgan fingerprint density at radius 1 is 1.39 bits per heavy atom. The summed E-state index contributed by atoms with van der Waals surface area (Å²) in [6.45, 7) is 1.14. The topological polar surface area (TPSA) is 86.7 Å². The van der Waals surface area contributed by atoms with Crippen molar-refractivity contribution in [2.75, 3.05) is 25.9 Å². The summed E-state index contributed by atoms with van der Waals surface area (Å²) in [6, 6.07) is 2.97. The van der Waals surface area contributed by atoms with Gasteiger partial charge in [-0.15, -0.1) is 0 Å². The maximum atomic E-state index is 12.1. The molecule has 1 aromatic rings. The summed E-state index contributed by atoms with van der Waals surface area (Å²) in [7, 11) is -3.22. The number of benzene rings is 1. The zero-order valence-electron chi connectivity index (χ0n) is 12.6. The number of rotatable bonds is 6. The van der Waals surface area contributed by atoms with Crippen molar-refractivity contribution in [3.63, 3.8) is 0 Å². The zero-order chi connectivity index (χ0) is 17.2. The van der Waals surface area contributed by atoms with Gasteiger partial charge < -0.3 is 10.0 Å². The average Bonchev–Trinajstić information content (AvgIpc) is 2.80. The first kappa shape index (κ1) is 18.3. The molecule has 1 fully saturated rings. The van der Waals surface area contributed by atoms with E-state index >= 15 is 0 Å². The Kier molecular flexibility index (Phi) is 5.78. The first-order valence-electron chi connectivity index (χ1n) is 7.08. The molecule has 1 amide bonds. The van der Waals surface area contributed by atoms with Crippen molar-refractivity contribution in [1.29, 1.82) is 0 Å². The summed E-state index contributed by atoms with van der Waals surface area (Å²) in [4.78, 5) is 13.7. The van der Waals surface area contributed by atoms with Crippen LogP contribution in [0.1, 0.15) is 24.3 Å². The molecule has 0 radical (unpaired) electrons. The molecule has 1 heterocycles. The molecule has 0 aromatic heterocycles. The first-order valence-corrected chi connectivity index (χ1v) is 9.73. The van der Waals surface area contributed by atoms with E-state index in [4.69, 9.17) is 23.2 Å². The largest absolute Gasteiger partial charge is 0.508 e. The molecule has 1 aliphatic heterocycles. The number of nitrogens with one attached hydrogen (secondary N) is 1. The van der Waals surface area contributed by atoms with Crippen molar-refractivity contribution >= 4 is 39.1 Å². The van der Waals surface area contributed by atoms with Crippen LogP contribution in [-0.2, 0) is 14.8 Å². The Morgan fingerprint density at radius 2 is 2.09 bits per heavy atom. The van der Waals surface area contributed by atoms with Gasteiger partial charge in [0.05, 0.1) is 16.3 Å². The highest BCUT2D eigenvalue weighted by molar-refractivity contribution is 7.88. The number of hydrogen-bond acceptors (Lipinski definition) is 4. The van der Waals surface area contributed by atoms with E-state index in [0.29, 0.717) is 30.1 Å². The van der Waals surface area contributed by atoms with Crippen molar-refractivity contribution in [3.05, 3.63) is 27.7 Å². The van der Waals surface area contributed by atoms with Crippen LogP contribution >= 0.6 is 23.2 Å². The molecule has 1 atom stereocenters. The molecule has 6 nitrogen and oxygen atoms in total. The Labute approximate surface area is 145 Å². The van der Waals surface area contributed by atoms with Gasteiger partial charge in [-0.2, -0.15) is 0 Å². The fourth-order valence-electron chi connectivity index (χ4n) is 2.65. The van der Waals surface area contributed by atoms with Crippen LogP contribution in [0, 0.1) is 0 Å². The number of halogens is 2. The third-order valence-corrected chi connectivity index (χ3v) is 5.25. The Hall–Kier alpha value is -1.02. The van der Waals surface area contributed by atoms with E-state index in [1.807, 2.05) is 0 Å². The molecule has 1 saturated heterocycles. The van der Waals surface area contributed by atoms with E-state index in [0.717, 1.165) is 6.26 Å². The van der Waals surface area contributed by atoms with Gasteiger partial charge in [-0.1, -0.05) is 23.2 Å². The highest BCUT2D eigenvalue weighted by Crippen LogP contribution is 2.41. The third kappa shape index (κ3) is 4.73. The van der Waals surface area contributed by atoms with E-state index < -0.39 is 10.0 Å². The normalized spacial score (nSPS) is 18.7. The fraction of sp³-hybridized carbons (Fsp3) is 0.500. The second-order valence-corrected chi connectivity index (χ2v) is 8.17. The molecule has 23 heavy (non-hydrogen) atoms. The predicted octanol–water partition coefficient (Wildman–Crippen LogP) is 1.95. The highest BCUT2D eigenvalue weighted by atomic mass is 35.5. The van der Waals surface area contributed by atoms with Gasteiger partial charge in [0.2, 0.25) is 15.9 Å². The Bertz CT molecular complexity index is 709. The van der Waals surface area contributed by atoms with Crippen LogP contribution in [0.3, 0.4) is 0 Å². The Balaban J connectivity index is 1.99. The minimum Gasteiger partial charge on any atom is -0.508 e. The summed E-state index contributed by atoms with van der Waals surface area (Å²) in [6.07, 6.45) is 1.85. The van der Waals surface area contributed by atoms with Crippen molar-refractivity contribution in [2.45, 2.75) is 18.8 Å². The second kappa shape index (κ2) is 7.25. The van der Waals surface area contributed by atoms with E-state index in [1.54, 1.807) is 4.90 Å². The molecule has 0 unspecified atom stereocenters. The SMILES string of the molecule is CS(=O)(=O)NCCCN1C[C@H](c2c(O)ccc(Cl)c2Cl)CC1=O. The zero-order valence-corrected chi connectivity index (χ0v) is 14.9. The van der Waals surface area contributed by atoms with Crippen molar-refractivity contribution in [1.82, 2.24) is 9.62 Å². The van der Waals surface area contributed by atoms with Crippen LogP contribution in [0.25, 0.3) is 0 Å². The van der Waals surface area contributed by atoms with Crippen LogP contribution in [0.5, 0.6) is 5.75 Å². The Morgan fingerprint density at radius 3 is 2.74 bits per heavy atom. The summed E-state index contributed by atoms with van der Waals surface area (Å²) >= 11 is 12.1. The van der Waals surface area contributed by atoms with E-state index in [2.05, 4.69) is 4.72 Å². The molecule has 1 aliphatic rings. The number of carbonyl (C=O) groups excluding carboxylic acids is 1. The summed E-state index contributed by atoms with van der Waals surface area (Å²) in [5, 5.41) is 10.6. The predicted molar refractivity (Wildman–Crippen MR) is 89.5 cm³/mol. The molecule has 128 valence electrons. The molecular weight excluding hydrogens is 363 g/mol. The van der Waals surface area contributed by atoms with E-state index in [1.165, 1.54) is 12.1 Å². The number of phenolic OH excluding ortho intramolecular Hbond substituents is 1. The summed E-state index contributed by atoms with van der Waals surface area (Å²) < 4.78 is 24.4. The monoisotopic (exact) mass is 380 g/mol. The maximum absolute atomic E-state index is 12.1. The lowest BCUT2D eigenvalue weighted by Crippen LogP contribution is -2.30. The number of sulfonamides is 1. The van der Waals surface area contributed by atoms with Crippen LogP contribution in [-0.4, -0.2) is 50.2 Å². The molecule has 0 aliphatic carbocycles. The van der Waals surface area contributed by atoms with Gasteiger partial charge >= 0.3 is 0 Å². The third-order valence-electron chi connectivity index (χ3n) is 3.70. The van der Waals surface area contributed by atoms with Crippen LogP contribution in [0.15, 0.2) is 12.1 Å². The standard InChI is InChI=1S/C14H18Cl2N2O4S/c1-23(21,22)17-5-2-6-18-8-9(7-12(18)20)13-11(19)4-3-10(15)14(13)16/h3-4,9,17,19H,2,5-8H2,1H3/t9-/m1/s1. The quantitative estimate of drug-likeness (QED) is 0.738. The summed E-state index contributed by atoms with van der Waals surface area (Å²) in [5.41, 5.74) is 0.490. The molecule has 2 rings (SSSR count). The molecule has 0 bridgehead atoms. The van der Waals surface area contributed by atoms with E-state index in [9.17, 15) is 18.3 Å². The first-order chi connectivity index (χ1) is 10.7. The number of carbonyl (C=O) groups is 1. The molecule has 0 saturated carbocycles. The average molecular weight is 381 g/mol. The van der Waals surface area contributed by atoms with Crippen molar-refractivity contribution in [3.8, 4) is 5.75 Å². The van der Waals surface area contributed by atoms with E-state index in [-0.39, 0.29) is 35.6 Å². The fourth-order valence-corrected chi connectivity index (χ4v) is 3.65. The molecule has 0 spiro atoms. The van der Waals surface area contributed by atoms with Crippen LogP contribution in [0.2, 0.25) is 10.0 Å². The van der Waals surface area contributed by atoms with Gasteiger partial charge in [-0.3, -0.25) is 4.79 Å². The van der Waals surface area contributed by atoms with Gasteiger partial charge in [0.25, 0.3) is 0 Å². The van der Waals surface area contributed by atoms with Crippen molar-refractivity contribution in [2.24, 2.45) is 0 Å². The number of likely N-dealkylation sites (tertiary alicyclic amines) is 1. The second-order valence-electron chi connectivity index (χ2n) is 5.56. The molecule has 1 aromatic carbocycles. The number of phenols is 1. The van der Waals surface area contributed by atoms with Gasteiger partial charge in [0.15, 0.2) is 0 Å². The number of hydrogen-bond donors (Lipinski definition) is 2. The number of nitrogens with zero attached hydrogens (tertiary/aromatic N) is 1. The molecular formula is C14H18Cl2N2O4S.